The molecule has 1 saturated heterocycles. The summed E-state index contributed by atoms with van der Waals surface area (Å²) in [7, 11) is 0. The molecular weight excluding hydrogens is 438 g/mol. The molecule has 3 heterocycles. The third-order valence-corrected chi connectivity index (χ3v) is 6.58. The average molecular weight is 468 g/mol. The molecular formula is C24H29N5O3S. The molecule has 2 amide bonds. The van der Waals surface area contributed by atoms with E-state index >= 15 is 0 Å². The second-order valence-electron chi connectivity index (χ2n) is 8.35. The van der Waals surface area contributed by atoms with Gasteiger partial charge in [-0.05, 0) is 30.9 Å². The average Bonchev–Trinajstić information content (AvgIpc) is 3.46. The smallest absolute Gasteiger partial charge is 0.239 e. The van der Waals surface area contributed by atoms with Crippen molar-refractivity contribution in [2.45, 2.75) is 19.9 Å². The van der Waals surface area contributed by atoms with Crippen LogP contribution in [0, 0.1) is 13.8 Å². The van der Waals surface area contributed by atoms with Gasteiger partial charge in [-0.15, -0.1) is 11.3 Å². The number of hydrogen-bond donors (Lipinski definition) is 2. The fourth-order valence-electron chi connectivity index (χ4n) is 3.86. The van der Waals surface area contributed by atoms with E-state index in [1.54, 1.807) is 24.3 Å². The van der Waals surface area contributed by atoms with Crippen molar-refractivity contribution in [2.24, 2.45) is 0 Å². The van der Waals surface area contributed by atoms with Crippen molar-refractivity contribution in [1.29, 1.82) is 0 Å². The van der Waals surface area contributed by atoms with Crippen LogP contribution < -0.4 is 10.6 Å². The van der Waals surface area contributed by atoms with E-state index in [1.807, 2.05) is 11.4 Å². The van der Waals surface area contributed by atoms with Crippen LogP contribution in [0.15, 0.2) is 52.4 Å². The number of nitrogens with one attached hydrogen (secondary N) is 2. The Kier molecular flexibility index (Phi) is 7.54. The molecule has 0 spiro atoms. The SMILES string of the molecule is Cc1ccc(C(NC(=O)CN2CCN(CC(=O)Nc3cc(C)on3)CC2)c2cccs2)cc1. The summed E-state index contributed by atoms with van der Waals surface area (Å²) in [6, 6.07) is 13.9. The molecule has 3 aromatic rings. The van der Waals surface area contributed by atoms with Crippen LogP contribution in [0.4, 0.5) is 5.82 Å². The summed E-state index contributed by atoms with van der Waals surface area (Å²) >= 11 is 1.64. The first-order valence-corrected chi connectivity index (χ1v) is 11.9. The number of amides is 2. The fourth-order valence-corrected chi connectivity index (χ4v) is 4.66. The topological polar surface area (TPSA) is 90.7 Å². The van der Waals surface area contributed by atoms with Crippen molar-refractivity contribution in [2.75, 3.05) is 44.6 Å². The number of benzene rings is 1. The minimum Gasteiger partial charge on any atom is -0.360 e. The number of rotatable bonds is 8. The Hall–Kier alpha value is -3.01. The molecule has 1 aliphatic rings. The van der Waals surface area contributed by atoms with Gasteiger partial charge < -0.3 is 15.2 Å². The van der Waals surface area contributed by atoms with Crippen LogP contribution in [0.3, 0.4) is 0 Å². The van der Waals surface area contributed by atoms with E-state index in [2.05, 4.69) is 62.8 Å². The summed E-state index contributed by atoms with van der Waals surface area (Å²) in [5.41, 5.74) is 2.27. The maximum Gasteiger partial charge on any atom is 0.239 e. The highest BCUT2D eigenvalue weighted by Gasteiger charge is 2.23. The molecule has 0 radical (unpaired) electrons. The predicted molar refractivity (Wildman–Crippen MR) is 128 cm³/mol. The standard InChI is InChI=1S/C24H29N5O3S/c1-17-5-7-19(8-6-17)24(20-4-3-13-33-20)26-23(31)16-29-11-9-28(10-12-29)15-22(30)25-21-14-18(2)32-27-21/h3-8,13-14,24H,9-12,15-16H2,1-2H3,(H,26,31)(H,25,27,30). The highest BCUT2D eigenvalue weighted by molar-refractivity contribution is 7.10. The second kappa shape index (κ2) is 10.7. The Balaban J connectivity index is 1.26. The summed E-state index contributed by atoms with van der Waals surface area (Å²) in [6.45, 7) is 7.39. The Morgan fingerprint density at radius 3 is 2.27 bits per heavy atom. The van der Waals surface area contributed by atoms with Crippen LogP contribution >= 0.6 is 11.3 Å². The van der Waals surface area contributed by atoms with Crippen molar-refractivity contribution in [3.63, 3.8) is 0 Å². The first kappa shape index (κ1) is 23.2. The van der Waals surface area contributed by atoms with Gasteiger partial charge in [-0.2, -0.15) is 0 Å². The maximum absolute atomic E-state index is 12.9. The zero-order valence-corrected chi connectivity index (χ0v) is 19.7. The van der Waals surface area contributed by atoms with Gasteiger partial charge in [-0.3, -0.25) is 19.4 Å². The van der Waals surface area contributed by atoms with Gasteiger partial charge in [0.1, 0.15) is 5.76 Å². The lowest BCUT2D eigenvalue weighted by Crippen LogP contribution is -2.51. The molecule has 2 aromatic heterocycles. The van der Waals surface area contributed by atoms with Crippen molar-refractivity contribution < 1.29 is 14.1 Å². The molecule has 1 atom stereocenters. The molecule has 4 rings (SSSR count). The number of hydrogen-bond acceptors (Lipinski definition) is 7. The van der Waals surface area contributed by atoms with E-state index in [9.17, 15) is 9.59 Å². The Morgan fingerprint density at radius 2 is 1.70 bits per heavy atom. The zero-order chi connectivity index (χ0) is 23.2. The van der Waals surface area contributed by atoms with Crippen LogP contribution in [-0.2, 0) is 9.59 Å². The normalized spacial score (nSPS) is 15.8. The van der Waals surface area contributed by atoms with Crippen LogP contribution in [0.2, 0.25) is 0 Å². The Bertz CT molecular complexity index is 1060. The summed E-state index contributed by atoms with van der Waals surface area (Å²) in [5.74, 6) is 0.968. The number of carbonyl (C=O) groups is 2. The molecule has 0 bridgehead atoms. The summed E-state index contributed by atoms with van der Waals surface area (Å²) in [6.07, 6.45) is 0. The first-order chi connectivity index (χ1) is 16.0. The highest BCUT2D eigenvalue weighted by atomic mass is 32.1. The van der Waals surface area contributed by atoms with Crippen LogP contribution in [0.5, 0.6) is 0 Å². The van der Waals surface area contributed by atoms with Gasteiger partial charge >= 0.3 is 0 Å². The van der Waals surface area contributed by atoms with Crippen molar-refractivity contribution in [1.82, 2.24) is 20.3 Å². The predicted octanol–water partition coefficient (Wildman–Crippen LogP) is 2.81. The van der Waals surface area contributed by atoms with Gasteiger partial charge in [0.15, 0.2) is 5.82 Å². The molecule has 33 heavy (non-hydrogen) atoms. The maximum atomic E-state index is 12.9. The van der Waals surface area contributed by atoms with Gasteiger partial charge in [0.05, 0.1) is 19.1 Å². The number of aryl methyl sites for hydroxylation is 2. The lowest BCUT2D eigenvalue weighted by atomic mass is 10.0. The van der Waals surface area contributed by atoms with E-state index in [1.165, 1.54) is 5.56 Å². The van der Waals surface area contributed by atoms with Gasteiger partial charge in [-0.1, -0.05) is 41.1 Å². The number of nitrogens with zero attached hydrogens (tertiary/aromatic N) is 3. The van der Waals surface area contributed by atoms with E-state index < -0.39 is 0 Å². The highest BCUT2D eigenvalue weighted by Crippen LogP contribution is 2.26. The van der Waals surface area contributed by atoms with Crippen molar-refractivity contribution >= 4 is 29.0 Å². The van der Waals surface area contributed by atoms with Crippen LogP contribution in [-0.4, -0.2) is 66.0 Å². The van der Waals surface area contributed by atoms with Gasteiger partial charge in [0.25, 0.3) is 0 Å². The Morgan fingerprint density at radius 1 is 1.03 bits per heavy atom. The van der Waals surface area contributed by atoms with Crippen molar-refractivity contribution in [3.05, 3.63) is 69.6 Å². The summed E-state index contributed by atoms with van der Waals surface area (Å²) in [5, 5.41) is 11.8. The molecule has 1 unspecified atom stereocenters. The molecule has 9 heteroatoms. The Labute approximate surface area is 197 Å². The lowest BCUT2D eigenvalue weighted by Gasteiger charge is -2.34. The molecule has 174 valence electrons. The molecule has 8 nitrogen and oxygen atoms in total. The van der Waals surface area contributed by atoms with Gasteiger partial charge in [0.2, 0.25) is 11.8 Å². The van der Waals surface area contributed by atoms with E-state index in [0.717, 1.165) is 36.6 Å². The summed E-state index contributed by atoms with van der Waals surface area (Å²) < 4.78 is 4.97. The van der Waals surface area contributed by atoms with Gasteiger partial charge in [-0.25, -0.2) is 0 Å². The van der Waals surface area contributed by atoms with Crippen molar-refractivity contribution in [3.8, 4) is 0 Å². The summed E-state index contributed by atoms with van der Waals surface area (Å²) in [4.78, 5) is 30.4. The molecule has 0 saturated carbocycles. The monoisotopic (exact) mass is 467 g/mol. The minimum absolute atomic E-state index is 0.00145. The number of carbonyl (C=O) groups excluding carboxylic acids is 2. The fraction of sp³-hybridized carbons (Fsp3) is 0.375. The van der Waals surface area contributed by atoms with Gasteiger partial charge in [0, 0.05) is 37.1 Å². The van der Waals surface area contributed by atoms with E-state index in [-0.39, 0.29) is 17.9 Å². The zero-order valence-electron chi connectivity index (χ0n) is 18.9. The largest absolute Gasteiger partial charge is 0.360 e. The van der Waals surface area contributed by atoms with Crippen LogP contribution in [0.1, 0.15) is 27.8 Å². The third-order valence-electron chi connectivity index (χ3n) is 5.64. The molecule has 1 aromatic carbocycles. The quantitative estimate of drug-likeness (QED) is 0.530. The van der Waals surface area contributed by atoms with E-state index in [4.69, 9.17) is 4.52 Å². The lowest BCUT2D eigenvalue weighted by molar-refractivity contribution is -0.124. The molecule has 1 fully saturated rings. The van der Waals surface area contributed by atoms with Crippen LogP contribution in [0.25, 0.3) is 0 Å². The number of anilines is 1. The minimum atomic E-state index is -0.150. The molecule has 1 aliphatic heterocycles. The number of aromatic nitrogens is 1. The van der Waals surface area contributed by atoms with E-state index in [0.29, 0.717) is 24.7 Å². The number of piperazine rings is 1. The number of thiophene rings is 1. The third kappa shape index (κ3) is 6.50. The molecule has 0 aliphatic carbocycles. The second-order valence-corrected chi connectivity index (χ2v) is 9.33. The molecule has 2 N–H and O–H groups in total. The first-order valence-electron chi connectivity index (χ1n) is 11.0.